The van der Waals surface area contributed by atoms with Gasteiger partial charge in [0.1, 0.15) is 22.9 Å². The lowest BCUT2D eigenvalue weighted by atomic mass is 10.2. The maximum absolute atomic E-state index is 13.6. The monoisotopic (exact) mass is 486 g/mol. The van der Waals surface area contributed by atoms with Crippen LogP contribution in [-0.2, 0) is 6.18 Å². The number of unbranched alkanes of at least 4 members (excludes halogenated alkanes) is 1. The molecule has 0 spiro atoms. The molecule has 3 aromatic rings. The zero-order chi connectivity index (χ0) is 24.7. The molecule has 186 valence electrons. The number of hydrogen-bond donors (Lipinski definition) is 2. The van der Waals surface area contributed by atoms with Crippen LogP contribution in [0.5, 0.6) is 11.5 Å². The lowest BCUT2D eigenvalue weighted by Crippen LogP contribution is -2.12. The Hall–Kier alpha value is -3.49. The zero-order valence-corrected chi connectivity index (χ0v) is 19.6. The summed E-state index contributed by atoms with van der Waals surface area (Å²) in [6, 6.07) is 14.0. The summed E-state index contributed by atoms with van der Waals surface area (Å²) in [5.74, 6) is 1.13. The summed E-state index contributed by atoms with van der Waals surface area (Å²) in [6.45, 7) is 2.66. The Bertz CT molecular complexity index is 1080. The fourth-order valence-corrected chi connectivity index (χ4v) is 3.79. The molecule has 0 radical (unpaired) electrons. The second-order valence-corrected chi connectivity index (χ2v) is 8.48. The summed E-state index contributed by atoms with van der Waals surface area (Å²) < 4.78 is 52.3. The lowest BCUT2D eigenvalue weighted by Gasteiger charge is -2.16. The van der Waals surface area contributed by atoms with Crippen LogP contribution in [0.4, 0.5) is 36.3 Å². The van der Waals surface area contributed by atoms with Crippen LogP contribution >= 0.6 is 0 Å². The van der Waals surface area contributed by atoms with Crippen molar-refractivity contribution in [2.45, 2.75) is 57.7 Å². The number of ether oxygens (including phenoxy) is 2. The van der Waals surface area contributed by atoms with E-state index >= 15 is 0 Å². The highest BCUT2D eigenvalue weighted by Crippen LogP contribution is 2.35. The molecule has 1 fully saturated rings. The van der Waals surface area contributed by atoms with Crippen molar-refractivity contribution in [3.63, 3.8) is 0 Å². The third kappa shape index (κ3) is 7.00. The van der Waals surface area contributed by atoms with Crippen molar-refractivity contribution < 1.29 is 22.6 Å². The van der Waals surface area contributed by atoms with Gasteiger partial charge in [-0.3, -0.25) is 0 Å². The molecule has 1 aliphatic carbocycles. The highest BCUT2D eigenvalue weighted by molar-refractivity contribution is 5.63. The van der Waals surface area contributed by atoms with Gasteiger partial charge in [0, 0.05) is 17.6 Å². The summed E-state index contributed by atoms with van der Waals surface area (Å²) in [4.78, 5) is 7.97. The molecule has 0 aliphatic heterocycles. The second-order valence-electron chi connectivity index (χ2n) is 8.48. The molecule has 0 bridgehead atoms. The Morgan fingerprint density at radius 2 is 1.54 bits per heavy atom. The largest absolute Gasteiger partial charge is 0.494 e. The van der Waals surface area contributed by atoms with Crippen molar-refractivity contribution in [2.24, 2.45) is 0 Å². The lowest BCUT2D eigenvalue weighted by molar-refractivity contribution is -0.137. The van der Waals surface area contributed by atoms with Crippen LogP contribution in [0.25, 0.3) is 0 Å². The van der Waals surface area contributed by atoms with Gasteiger partial charge in [-0.2, -0.15) is 18.2 Å². The second kappa shape index (κ2) is 11.3. The number of nitrogens with zero attached hydrogens (tertiary/aromatic N) is 2. The summed E-state index contributed by atoms with van der Waals surface area (Å²) >= 11 is 0. The SMILES string of the molecule is CCCCOc1ccc(Nc2nc(Nc3ccc(OC4CCCC4)cc3)ncc2C(F)(F)F)cc1. The van der Waals surface area contributed by atoms with Gasteiger partial charge in [0.15, 0.2) is 0 Å². The number of halogens is 3. The van der Waals surface area contributed by atoms with E-state index in [0.29, 0.717) is 23.7 Å². The van der Waals surface area contributed by atoms with E-state index in [0.717, 1.165) is 37.6 Å². The van der Waals surface area contributed by atoms with Crippen molar-refractivity contribution in [1.29, 1.82) is 0 Å². The molecule has 1 aliphatic rings. The Labute approximate surface area is 202 Å². The molecule has 0 amide bonds. The number of aromatic nitrogens is 2. The van der Waals surface area contributed by atoms with E-state index in [9.17, 15) is 13.2 Å². The van der Waals surface area contributed by atoms with Crippen LogP contribution in [0.2, 0.25) is 0 Å². The summed E-state index contributed by atoms with van der Waals surface area (Å²) in [6.07, 6.45) is 2.85. The van der Waals surface area contributed by atoms with E-state index in [1.54, 1.807) is 36.4 Å². The van der Waals surface area contributed by atoms with E-state index in [2.05, 4.69) is 27.5 Å². The third-order valence-electron chi connectivity index (χ3n) is 5.69. The van der Waals surface area contributed by atoms with Gasteiger partial charge in [-0.1, -0.05) is 13.3 Å². The minimum atomic E-state index is -4.61. The van der Waals surface area contributed by atoms with Crippen molar-refractivity contribution >= 4 is 23.1 Å². The highest BCUT2D eigenvalue weighted by atomic mass is 19.4. The first-order valence-electron chi connectivity index (χ1n) is 11.9. The predicted octanol–water partition coefficient (Wildman–Crippen LogP) is 7.48. The first-order chi connectivity index (χ1) is 16.9. The molecular weight excluding hydrogens is 457 g/mol. The van der Waals surface area contributed by atoms with Crippen LogP contribution in [0.1, 0.15) is 51.0 Å². The van der Waals surface area contributed by atoms with Gasteiger partial charge in [0.25, 0.3) is 0 Å². The van der Waals surface area contributed by atoms with Crippen LogP contribution < -0.4 is 20.1 Å². The molecule has 1 heterocycles. The van der Waals surface area contributed by atoms with Crippen LogP contribution in [0.3, 0.4) is 0 Å². The van der Waals surface area contributed by atoms with Crippen LogP contribution in [-0.4, -0.2) is 22.7 Å². The maximum atomic E-state index is 13.6. The standard InChI is InChI=1S/C26H29F3N4O2/c1-2-3-16-34-20-12-8-18(9-13-20)31-24-23(26(27,28)29)17-30-25(33-24)32-19-10-14-22(15-11-19)35-21-6-4-5-7-21/h8-15,17,21H,2-7,16H2,1H3,(H2,30,31,32,33). The first-order valence-corrected chi connectivity index (χ1v) is 11.9. The van der Waals surface area contributed by atoms with Crippen LogP contribution in [0.15, 0.2) is 54.7 Å². The quantitative estimate of drug-likeness (QED) is 0.290. The number of anilines is 4. The predicted molar refractivity (Wildman–Crippen MR) is 130 cm³/mol. The molecule has 6 nitrogen and oxygen atoms in total. The van der Waals surface area contributed by atoms with Gasteiger partial charge in [-0.05, 0) is 80.6 Å². The Morgan fingerprint density at radius 1 is 0.914 bits per heavy atom. The maximum Gasteiger partial charge on any atom is 0.421 e. The molecule has 0 atom stereocenters. The van der Waals surface area contributed by atoms with E-state index in [-0.39, 0.29) is 17.9 Å². The van der Waals surface area contributed by atoms with E-state index in [4.69, 9.17) is 9.47 Å². The molecule has 2 N–H and O–H groups in total. The summed E-state index contributed by atoms with van der Waals surface area (Å²) in [7, 11) is 0. The minimum absolute atomic E-state index is 0.0458. The van der Waals surface area contributed by atoms with E-state index in [1.165, 1.54) is 12.8 Å². The molecule has 4 rings (SSSR count). The van der Waals surface area contributed by atoms with Gasteiger partial charge < -0.3 is 20.1 Å². The van der Waals surface area contributed by atoms with Crippen molar-refractivity contribution in [1.82, 2.24) is 9.97 Å². The Balaban J connectivity index is 1.46. The molecular formula is C26H29F3N4O2. The summed E-state index contributed by atoms with van der Waals surface area (Å²) in [5, 5.41) is 5.72. The molecule has 35 heavy (non-hydrogen) atoms. The van der Waals surface area contributed by atoms with Crippen LogP contribution in [0, 0.1) is 0 Å². The van der Waals surface area contributed by atoms with Crippen molar-refractivity contribution in [3.8, 4) is 11.5 Å². The van der Waals surface area contributed by atoms with Gasteiger partial charge in [0.2, 0.25) is 5.95 Å². The average Bonchev–Trinajstić information content (AvgIpc) is 3.34. The topological polar surface area (TPSA) is 68.3 Å². The van der Waals surface area contributed by atoms with Gasteiger partial charge >= 0.3 is 6.18 Å². The molecule has 0 saturated heterocycles. The number of nitrogens with one attached hydrogen (secondary N) is 2. The fourth-order valence-electron chi connectivity index (χ4n) is 3.79. The molecule has 9 heteroatoms. The Kier molecular flexibility index (Phi) is 7.94. The van der Waals surface area contributed by atoms with Crippen molar-refractivity contribution in [3.05, 3.63) is 60.3 Å². The number of benzene rings is 2. The smallest absolute Gasteiger partial charge is 0.421 e. The molecule has 0 unspecified atom stereocenters. The van der Waals surface area contributed by atoms with Gasteiger partial charge in [-0.15, -0.1) is 0 Å². The summed E-state index contributed by atoms with van der Waals surface area (Å²) in [5.41, 5.74) is 0.145. The third-order valence-corrected chi connectivity index (χ3v) is 5.69. The van der Waals surface area contributed by atoms with Gasteiger partial charge in [0.05, 0.1) is 12.7 Å². The molecule has 2 aromatic carbocycles. The van der Waals surface area contributed by atoms with E-state index < -0.39 is 11.7 Å². The number of rotatable bonds is 10. The number of alkyl halides is 3. The Morgan fingerprint density at radius 3 is 2.17 bits per heavy atom. The molecule has 1 aromatic heterocycles. The number of hydrogen-bond acceptors (Lipinski definition) is 6. The first kappa shape index (κ1) is 24.6. The van der Waals surface area contributed by atoms with E-state index in [1.807, 2.05) is 12.1 Å². The normalized spacial score (nSPS) is 14.1. The molecule has 1 saturated carbocycles. The highest BCUT2D eigenvalue weighted by Gasteiger charge is 2.35. The zero-order valence-electron chi connectivity index (χ0n) is 19.6. The van der Waals surface area contributed by atoms with Gasteiger partial charge in [-0.25, -0.2) is 4.98 Å². The average molecular weight is 487 g/mol. The minimum Gasteiger partial charge on any atom is -0.494 e. The fraction of sp³-hybridized carbons (Fsp3) is 0.385. The van der Waals surface area contributed by atoms with Crippen molar-refractivity contribution in [2.75, 3.05) is 17.2 Å².